The van der Waals surface area contributed by atoms with Crippen LogP contribution in [-0.2, 0) is 29.1 Å². The van der Waals surface area contributed by atoms with E-state index in [2.05, 4.69) is 104 Å². The van der Waals surface area contributed by atoms with Crippen LogP contribution < -0.4 is 16.6 Å². The summed E-state index contributed by atoms with van der Waals surface area (Å²) in [5.74, 6) is 5.69. The molecule has 0 spiro atoms. The molecule has 3 fully saturated rings. The zero-order valence-corrected chi connectivity index (χ0v) is 40.2. The Hall–Kier alpha value is -2.09. The first kappa shape index (κ1) is 51.5. The normalized spacial score (nSPS) is 27.0. The number of nitrogens with one attached hydrogen (secondary N) is 2. The Kier molecular flexibility index (Phi) is 19.6. The van der Waals surface area contributed by atoms with Gasteiger partial charge in [-0.3, -0.25) is 19.6 Å². The van der Waals surface area contributed by atoms with Gasteiger partial charge in [0.25, 0.3) is 10.1 Å². The smallest absolute Gasteiger partial charge is 0.267 e. The van der Waals surface area contributed by atoms with Crippen LogP contribution in [0, 0.1) is 22.7 Å². The summed E-state index contributed by atoms with van der Waals surface area (Å²) < 4.78 is 42.6. The van der Waals surface area contributed by atoms with Crippen molar-refractivity contribution in [2.24, 2.45) is 28.5 Å². The SMILES string of the molecule is CCN1/C(=C/C=C/C2=[N+](CCCCCC(=O)NCCC[N+](C)(C)CCCN(C)CCCC(=O)NN)C3CCC(SOOO)CC3C2(C)C)C(C)(C)C2CC(S(=O)(=O)O)CCC21. The van der Waals surface area contributed by atoms with Gasteiger partial charge in [-0.15, -0.1) is 4.33 Å². The lowest BCUT2D eigenvalue weighted by Gasteiger charge is -2.37. The Morgan fingerprint density at radius 3 is 2.36 bits per heavy atom. The molecule has 350 valence electrons. The second-order valence-corrected chi connectivity index (χ2v) is 22.6. The van der Waals surface area contributed by atoms with Crippen molar-refractivity contribution in [2.45, 2.75) is 147 Å². The summed E-state index contributed by atoms with van der Waals surface area (Å²) in [5.41, 5.74) is 4.36. The van der Waals surface area contributed by atoms with Gasteiger partial charge in [0.15, 0.2) is 11.8 Å². The molecule has 6 N–H and O–H groups in total. The van der Waals surface area contributed by atoms with E-state index in [9.17, 15) is 22.6 Å². The number of amides is 2. The van der Waals surface area contributed by atoms with E-state index in [0.29, 0.717) is 44.2 Å². The van der Waals surface area contributed by atoms with Crippen LogP contribution in [-0.4, -0.2) is 144 Å². The molecule has 4 rings (SSSR count). The van der Waals surface area contributed by atoms with Gasteiger partial charge in [-0.1, -0.05) is 25.0 Å². The van der Waals surface area contributed by atoms with Crippen LogP contribution in [0.4, 0.5) is 0 Å². The molecule has 6 atom stereocenters. The van der Waals surface area contributed by atoms with Crippen LogP contribution >= 0.6 is 12.0 Å². The zero-order chi connectivity index (χ0) is 45.0. The monoisotopic (exact) mass is 900 g/mol. The molecule has 2 aliphatic carbocycles. The molecule has 6 unspecified atom stereocenters. The number of carbonyl (C=O) groups is 2. The van der Waals surface area contributed by atoms with Crippen LogP contribution in [0.5, 0.6) is 0 Å². The fourth-order valence-electron chi connectivity index (χ4n) is 11.1. The summed E-state index contributed by atoms with van der Waals surface area (Å²) in [6, 6.07) is 0.637. The number of rotatable bonds is 25. The highest BCUT2D eigenvalue weighted by molar-refractivity contribution is 7.95. The average Bonchev–Trinajstić information content (AvgIpc) is 3.55. The molecule has 15 nitrogen and oxygen atoms in total. The van der Waals surface area contributed by atoms with Gasteiger partial charge in [-0.25, -0.2) is 15.7 Å². The first-order chi connectivity index (χ1) is 28.8. The van der Waals surface area contributed by atoms with Gasteiger partial charge >= 0.3 is 0 Å². The average molecular weight is 900 g/mol. The van der Waals surface area contributed by atoms with E-state index >= 15 is 0 Å². The third-order valence-corrected chi connectivity index (χ3v) is 16.7. The molecule has 2 amide bonds. The van der Waals surface area contributed by atoms with E-state index in [0.717, 1.165) is 108 Å². The minimum absolute atomic E-state index is 0.111. The van der Waals surface area contributed by atoms with E-state index in [1.54, 1.807) is 0 Å². The van der Waals surface area contributed by atoms with Crippen LogP contribution in [0.15, 0.2) is 23.9 Å². The highest BCUT2D eigenvalue weighted by Crippen LogP contribution is 2.54. The maximum Gasteiger partial charge on any atom is 0.267 e. The minimum atomic E-state index is -4.08. The lowest BCUT2D eigenvalue weighted by Crippen LogP contribution is -2.43. The first-order valence-electron chi connectivity index (χ1n) is 22.9. The molecule has 0 aromatic heterocycles. The molecule has 2 aliphatic heterocycles. The standard InChI is InChI=1S/C44H79N7O8S2/c1-9-49-37-24-22-34(61(55,56)57)32-36(37)44(4,5)39(49)17-13-18-40-43(2,3)35-31-33(60-59-58-54)21-23-38(35)50(40)28-12-10-11-19-41(52)46-25-15-29-51(7,8)30-16-27-48(6)26-14-20-42(53)47-45/h13,17-18,33-38H,9-12,14-16,19-32,45H2,1-8H3,(H2-2,46,47,52,53,54,55,56,57)/p+2. The van der Waals surface area contributed by atoms with Gasteiger partial charge in [0.2, 0.25) is 11.8 Å². The molecule has 0 aromatic rings. The lowest BCUT2D eigenvalue weighted by molar-refractivity contribution is -0.890. The summed E-state index contributed by atoms with van der Waals surface area (Å²) in [7, 11) is 2.49. The number of nitrogens with two attached hydrogens (primary N) is 1. The maximum atomic E-state index is 12.8. The third kappa shape index (κ3) is 14.2. The van der Waals surface area contributed by atoms with Crippen LogP contribution in [0.2, 0.25) is 0 Å². The van der Waals surface area contributed by atoms with Crippen LogP contribution in [0.25, 0.3) is 0 Å². The number of unbranched alkanes of at least 4 members (excludes halogenated alkanes) is 2. The number of quaternary nitrogens is 1. The van der Waals surface area contributed by atoms with Crippen molar-refractivity contribution in [1.82, 2.24) is 20.5 Å². The Bertz CT molecular complexity index is 1650. The van der Waals surface area contributed by atoms with Gasteiger partial charge in [0, 0.05) is 105 Å². The van der Waals surface area contributed by atoms with E-state index in [4.69, 9.17) is 15.4 Å². The highest BCUT2D eigenvalue weighted by atomic mass is 32.2. The number of allylic oxidation sites excluding steroid dienone is 4. The number of fused-ring (bicyclic) bond motifs is 2. The first-order valence-corrected chi connectivity index (χ1v) is 25.2. The number of hydrogen-bond acceptors (Lipinski definition) is 11. The van der Waals surface area contributed by atoms with Crippen LogP contribution in [0.3, 0.4) is 0 Å². The predicted octanol–water partition coefficient (Wildman–Crippen LogP) is 5.55. The lowest BCUT2D eigenvalue weighted by atomic mass is 9.69. The van der Waals surface area contributed by atoms with Gasteiger partial charge < -0.3 is 19.6 Å². The minimum Gasteiger partial charge on any atom is -0.371 e. The molecule has 0 radical (unpaired) electrons. The summed E-state index contributed by atoms with van der Waals surface area (Å²) in [5, 5.41) is 15.5. The molecule has 2 saturated carbocycles. The number of likely N-dealkylation sites (tertiary alicyclic amines) is 1. The van der Waals surface area contributed by atoms with Gasteiger partial charge in [0.05, 0.1) is 37.8 Å². The summed E-state index contributed by atoms with van der Waals surface area (Å²) in [6.07, 6.45) is 17.9. The van der Waals surface area contributed by atoms with Crippen molar-refractivity contribution in [3.05, 3.63) is 23.9 Å². The topological polar surface area (TPSA) is 187 Å². The van der Waals surface area contributed by atoms with Crippen molar-refractivity contribution in [3.8, 4) is 0 Å². The summed E-state index contributed by atoms with van der Waals surface area (Å²) in [4.78, 5) is 28.9. The molecule has 61 heavy (non-hydrogen) atoms. The van der Waals surface area contributed by atoms with E-state index < -0.39 is 15.4 Å². The quantitative estimate of drug-likeness (QED) is 0.00888. The van der Waals surface area contributed by atoms with Crippen molar-refractivity contribution in [2.75, 3.05) is 67.0 Å². The van der Waals surface area contributed by atoms with Crippen molar-refractivity contribution in [1.29, 1.82) is 0 Å². The molecular weight excluding hydrogens is 819 g/mol. The Morgan fingerprint density at radius 1 is 0.967 bits per heavy atom. The fraction of sp³-hybridized carbons (Fsp3) is 0.841. The number of hydrogen-bond donors (Lipinski definition) is 5. The molecule has 4 aliphatic rings. The van der Waals surface area contributed by atoms with Gasteiger partial charge in [-0.05, 0) is 97.7 Å². The fourth-order valence-corrected chi connectivity index (χ4v) is 12.7. The molecule has 0 aromatic carbocycles. The van der Waals surface area contributed by atoms with E-state index in [1.165, 1.54) is 23.5 Å². The van der Waals surface area contributed by atoms with Gasteiger partial charge in [-0.2, -0.15) is 8.42 Å². The Balaban J connectivity index is 1.31. The highest BCUT2D eigenvalue weighted by Gasteiger charge is 2.56. The van der Waals surface area contributed by atoms with Gasteiger partial charge in [0.1, 0.15) is 6.54 Å². The molecule has 17 heteroatoms. The number of carbonyl (C=O) groups excluding carboxylic acids is 2. The van der Waals surface area contributed by atoms with Crippen molar-refractivity contribution in [3.63, 3.8) is 0 Å². The molecule has 1 saturated heterocycles. The van der Waals surface area contributed by atoms with E-state index in [1.807, 2.05) is 0 Å². The third-order valence-electron chi connectivity index (χ3n) is 14.6. The summed E-state index contributed by atoms with van der Waals surface area (Å²) >= 11 is 1.20. The number of nitrogens with zero attached hydrogens (tertiary/aromatic N) is 4. The zero-order valence-electron chi connectivity index (χ0n) is 38.6. The molecule has 0 bridgehead atoms. The van der Waals surface area contributed by atoms with Crippen LogP contribution in [0.1, 0.15) is 125 Å². The second-order valence-electron chi connectivity index (χ2n) is 19.9. The maximum absolute atomic E-state index is 12.8. The second kappa shape index (κ2) is 23.2. The summed E-state index contributed by atoms with van der Waals surface area (Å²) in [6.45, 7) is 17.6. The Labute approximate surface area is 371 Å². The Morgan fingerprint density at radius 2 is 1.67 bits per heavy atom. The largest absolute Gasteiger partial charge is 0.371 e. The number of hydrazine groups is 1. The van der Waals surface area contributed by atoms with Crippen molar-refractivity contribution >= 4 is 39.7 Å². The predicted molar refractivity (Wildman–Crippen MR) is 243 cm³/mol. The van der Waals surface area contributed by atoms with E-state index in [-0.39, 0.29) is 39.9 Å². The molecular formula is C44H81N7O8S2+2. The van der Waals surface area contributed by atoms with Crippen molar-refractivity contribution < 1.29 is 46.2 Å². The molecule has 2 heterocycles.